The summed E-state index contributed by atoms with van der Waals surface area (Å²) in [6, 6.07) is 9.36. The van der Waals surface area contributed by atoms with E-state index in [0.717, 1.165) is 9.13 Å². The fourth-order valence-electron chi connectivity index (χ4n) is 1.93. The van der Waals surface area contributed by atoms with Gasteiger partial charge in [0.1, 0.15) is 17.4 Å². The van der Waals surface area contributed by atoms with Crippen molar-refractivity contribution in [3.05, 3.63) is 49.4 Å². The Bertz CT molecular complexity index is 729. The molecule has 1 aromatic carbocycles. The number of pyridine rings is 1. The number of halogens is 1. The fourth-order valence-corrected chi connectivity index (χ4v) is 2.70. The first kappa shape index (κ1) is 13.6. The average Bonchev–Trinajstić information content (AvgIpc) is 2.37. The molecule has 2 rings (SSSR count). The molecular weight excluding hydrogens is 355 g/mol. The minimum Gasteiger partial charge on any atom is -0.496 e. The topological polar surface area (TPSA) is 65.9 Å². The second-order valence-electron chi connectivity index (χ2n) is 4.00. The minimum atomic E-state index is -0.376. The number of ether oxygens (including phenoxy) is 1. The zero-order valence-corrected chi connectivity index (χ0v) is 12.6. The number of aromatic amines is 1. The molecule has 1 N–H and O–H groups in total. The van der Waals surface area contributed by atoms with Gasteiger partial charge in [0.25, 0.3) is 5.56 Å². The van der Waals surface area contributed by atoms with E-state index in [1.807, 2.05) is 24.3 Å². The molecular formula is C14H11IN2O2. The summed E-state index contributed by atoms with van der Waals surface area (Å²) in [5, 5.41) is 9.19. The van der Waals surface area contributed by atoms with E-state index in [-0.39, 0.29) is 11.1 Å². The van der Waals surface area contributed by atoms with Gasteiger partial charge in [-0.1, -0.05) is 6.07 Å². The van der Waals surface area contributed by atoms with Crippen molar-refractivity contribution in [1.29, 1.82) is 5.26 Å². The third-order valence-corrected chi connectivity index (χ3v) is 3.64. The molecule has 0 unspecified atom stereocenters. The quantitative estimate of drug-likeness (QED) is 0.832. The van der Waals surface area contributed by atoms with Crippen LogP contribution < -0.4 is 10.3 Å². The lowest BCUT2D eigenvalue weighted by Crippen LogP contribution is -2.13. The molecule has 4 nitrogen and oxygen atoms in total. The highest BCUT2D eigenvalue weighted by molar-refractivity contribution is 14.1. The Morgan fingerprint density at radius 3 is 2.79 bits per heavy atom. The lowest BCUT2D eigenvalue weighted by atomic mass is 10.0. The molecule has 0 spiro atoms. The summed E-state index contributed by atoms with van der Waals surface area (Å²) >= 11 is 2.17. The molecule has 2 aromatic rings. The lowest BCUT2D eigenvalue weighted by Gasteiger charge is -2.12. The zero-order chi connectivity index (χ0) is 14.0. The Hall–Kier alpha value is -1.81. The van der Waals surface area contributed by atoms with Crippen LogP contribution in [-0.2, 0) is 0 Å². The van der Waals surface area contributed by atoms with Crippen LogP contribution in [0.4, 0.5) is 0 Å². The number of nitrogens with one attached hydrogen (secondary N) is 1. The standard InChI is InChI=1S/C14H11IN2O2/c1-8-6-9(10(7-16)14(18)17-8)13-11(15)4-3-5-12(13)19-2/h3-6H,1-2H3,(H,17,18). The Morgan fingerprint density at radius 2 is 2.16 bits per heavy atom. The van der Waals surface area contributed by atoms with Crippen molar-refractivity contribution >= 4 is 22.6 Å². The van der Waals surface area contributed by atoms with E-state index in [0.29, 0.717) is 17.0 Å². The predicted octanol–water partition coefficient (Wildman–Crippen LogP) is 2.84. The van der Waals surface area contributed by atoms with Crippen LogP contribution in [0.3, 0.4) is 0 Å². The van der Waals surface area contributed by atoms with E-state index in [1.54, 1.807) is 20.1 Å². The van der Waals surface area contributed by atoms with Gasteiger partial charge < -0.3 is 9.72 Å². The van der Waals surface area contributed by atoms with Gasteiger partial charge in [0.15, 0.2) is 0 Å². The van der Waals surface area contributed by atoms with Gasteiger partial charge in [0.05, 0.1) is 7.11 Å². The SMILES string of the molecule is COc1cccc(I)c1-c1cc(C)[nH]c(=O)c1C#N. The number of rotatable bonds is 2. The molecule has 96 valence electrons. The number of benzene rings is 1. The van der Waals surface area contributed by atoms with Crippen molar-refractivity contribution in [2.75, 3.05) is 7.11 Å². The second-order valence-corrected chi connectivity index (χ2v) is 5.16. The number of hydrogen-bond donors (Lipinski definition) is 1. The molecule has 0 radical (unpaired) electrons. The van der Waals surface area contributed by atoms with Crippen molar-refractivity contribution in [2.45, 2.75) is 6.92 Å². The van der Waals surface area contributed by atoms with Crippen molar-refractivity contribution in [3.8, 4) is 22.9 Å². The van der Waals surface area contributed by atoms with Crippen LogP contribution in [0.25, 0.3) is 11.1 Å². The van der Waals surface area contributed by atoms with Crippen LogP contribution in [0.15, 0.2) is 29.1 Å². The number of nitrogens with zero attached hydrogens (tertiary/aromatic N) is 1. The number of methoxy groups -OCH3 is 1. The van der Waals surface area contributed by atoms with Crippen LogP contribution in [-0.4, -0.2) is 12.1 Å². The number of hydrogen-bond acceptors (Lipinski definition) is 3. The summed E-state index contributed by atoms with van der Waals surface area (Å²) in [5.74, 6) is 0.647. The Balaban J connectivity index is 2.87. The van der Waals surface area contributed by atoms with E-state index in [1.165, 1.54) is 0 Å². The van der Waals surface area contributed by atoms with Gasteiger partial charge in [-0.3, -0.25) is 4.79 Å². The van der Waals surface area contributed by atoms with Crippen molar-refractivity contribution < 1.29 is 4.74 Å². The predicted molar refractivity (Wildman–Crippen MR) is 81.2 cm³/mol. The highest BCUT2D eigenvalue weighted by Crippen LogP contribution is 2.35. The van der Waals surface area contributed by atoms with Gasteiger partial charge in [0, 0.05) is 20.4 Å². The molecule has 0 aliphatic carbocycles. The van der Waals surface area contributed by atoms with E-state index in [2.05, 4.69) is 27.6 Å². The van der Waals surface area contributed by atoms with Crippen LogP contribution in [0, 0.1) is 21.8 Å². The van der Waals surface area contributed by atoms with Gasteiger partial charge >= 0.3 is 0 Å². The number of nitriles is 1. The minimum absolute atomic E-state index is 0.105. The highest BCUT2D eigenvalue weighted by atomic mass is 127. The van der Waals surface area contributed by atoms with Gasteiger partial charge in [-0.2, -0.15) is 5.26 Å². The molecule has 19 heavy (non-hydrogen) atoms. The second kappa shape index (κ2) is 5.45. The molecule has 0 saturated carbocycles. The summed E-state index contributed by atoms with van der Waals surface area (Å²) < 4.78 is 6.26. The summed E-state index contributed by atoms with van der Waals surface area (Å²) in [7, 11) is 1.57. The maximum Gasteiger partial charge on any atom is 0.266 e. The summed E-state index contributed by atoms with van der Waals surface area (Å²) in [4.78, 5) is 14.5. The van der Waals surface area contributed by atoms with Gasteiger partial charge in [0.2, 0.25) is 0 Å². The number of H-pyrrole nitrogens is 1. The molecule has 5 heteroatoms. The van der Waals surface area contributed by atoms with Crippen LogP contribution in [0.2, 0.25) is 0 Å². The van der Waals surface area contributed by atoms with Crippen molar-refractivity contribution in [1.82, 2.24) is 4.98 Å². The molecule has 0 bridgehead atoms. The first-order chi connectivity index (χ1) is 9.08. The molecule has 0 fully saturated rings. The number of aryl methyl sites for hydroxylation is 1. The van der Waals surface area contributed by atoms with Crippen molar-refractivity contribution in [3.63, 3.8) is 0 Å². The third kappa shape index (κ3) is 2.49. The van der Waals surface area contributed by atoms with Gasteiger partial charge in [-0.25, -0.2) is 0 Å². The zero-order valence-electron chi connectivity index (χ0n) is 10.5. The van der Waals surface area contributed by atoms with E-state index in [4.69, 9.17) is 4.74 Å². The fraction of sp³-hybridized carbons (Fsp3) is 0.143. The van der Waals surface area contributed by atoms with E-state index < -0.39 is 0 Å². The summed E-state index contributed by atoms with van der Waals surface area (Å²) in [6.07, 6.45) is 0. The molecule has 1 aromatic heterocycles. The third-order valence-electron chi connectivity index (χ3n) is 2.74. The first-order valence-corrected chi connectivity index (χ1v) is 6.63. The molecule has 1 heterocycles. The maximum atomic E-state index is 11.9. The normalized spacial score (nSPS) is 10.0. The van der Waals surface area contributed by atoms with Crippen molar-refractivity contribution in [2.24, 2.45) is 0 Å². The smallest absolute Gasteiger partial charge is 0.266 e. The summed E-state index contributed by atoms with van der Waals surface area (Å²) in [6.45, 7) is 1.79. The highest BCUT2D eigenvalue weighted by Gasteiger charge is 2.16. The molecule has 0 saturated heterocycles. The Morgan fingerprint density at radius 1 is 1.42 bits per heavy atom. The first-order valence-electron chi connectivity index (χ1n) is 5.55. The van der Waals surface area contributed by atoms with Crippen LogP contribution in [0.5, 0.6) is 5.75 Å². The lowest BCUT2D eigenvalue weighted by molar-refractivity contribution is 0.416. The van der Waals surface area contributed by atoms with Crippen LogP contribution >= 0.6 is 22.6 Å². The Labute approximate surface area is 124 Å². The molecule has 0 aliphatic heterocycles. The van der Waals surface area contributed by atoms with Crippen LogP contribution in [0.1, 0.15) is 11.3 Å². The molecule has 0 amide bonds. The molecule has 0 atom stereocenters. The monoisotopic (exact) mass is 366 g/mol. The molecule has 0 aliphatic rings. The maximum absolute atomic E-state index is 11.9. The summed E-state index contributed by atoms with van der Waals surface area (Å²) in [5.41, 5.74) is 1.81. The average molecular weight is 366 g/mol. The number of aromatic nitrogens is 1. The van der Waals surface area contributed by atoms with Gasteiger partial charge in [-0.05, 0) is 47.7 Å². The Kier molecular flexibility index (Phi) is 3.90. The van der Waals surface area contributed by atoms with E-state index in [9.17, 15) is 10.1 Å². The van der Waals surface area contributed by atoms with E-state index >= 15 is 0 Å². The largest absolute Gasteiger partial charge is 0.496 e. The van der Waals surface area contributed by atoms with Gasteiger partial charge in [-0.15, -0.1) is 0 Å².